The molecule has 0 atom stereocenters. The van der Waals surface area contributed by atoms with Crippen molar-refractivity contribution in [3.63, 3.8) is 0 Å². The van der Waals surface area contributed by atoms with Gasteiger partial charge in [-0.05, 0) is 62.7 Å². The molecular formula is C21H25BrN2O2. The van der Waals surface area contributed by atoms with Crippen LogP contribution in [0.15, 0.2) is 53.0 Å². The summed E-state index contributed by atoms with van der Waals surface area (Å²) in [6.45, 7) is 5.42. The predicted molar refractivity (Wildman–Crippen MR) is 108 cm³/mol. The highest BCUT2D eigenvalue weighted by atomic mass is 79.9. The molecule has 0 radical (unpaired) electrons. The van der Waals surface area contributed by atoms with Crippen molar-refractivity contribution in [2.45, 2.75) is 26.3 Å². The van der Waals surface area contributed by atoms with Gasteiger partial charge >= 0.3 is 0 Å². The Morgan fingerprint density at radius 3 is 2.62 bits per heavy atom. The molecular weight excluding hydrogens is 392 g/mol. The van der Waals surface area contributed by atoms with E-state index in [1.54, 1.807) is 0 Å². The fraction of sp³-hybridized carbons (Fsp3) is 0.381. The van der Waals surface area contributed by atoms with Crippen LogP contribution in [0.2, 0.25) is 0 Å². The number of hydrogen-bond acceptors (Lipinski definition) is 3. The number of likely N-dealkylation sites (tertiary alicyclic amines) is 1. The average Bonchev–Trinajstić information content (AvgIpc) is 2.65. The summed E-state index contributed by atoms with van der Waals surface area (Å²) in [4.78, 5) is 15.0. The third kappa shape index (κ3) is 5.32. The second-order valence-electron chi connectivity index (χ2n) is 6.63. The minimum atomic E-state index is 0.0758. The molecule has 4 nitrogen and oxygen atoms in total. The molecule has 1 fully saturated rings. The lowest BCUT2D eigenvalue weighted by molar-refractivity contribution is -0.121. The van der Waals surface area contributed by atoms with Gasteiger partial charge in [-0.2, -0.15) is 0 Å². The molecule has 138 valence electrons. The highest BCUT2D eigenvalue weighted by molar-refractivity contribution is 9.10. The van der Waals surface area contributed by atoms with Gasteiger partial charge in [0, 0.05) is 28.7 Å². The summed E-state index contributed by atoms with van der Waals surface area (Å²) in [6.07, 6.45) is 1.79. The van der Waals surface area contributed by atoms with Crippen LogP contribution in [0.25, 0.3) is 0 Å². The molecule has 2 aromatic rings. The molecule has 0 bridgehead atoms. The van der Waals surface area contributed by atoms with Gasteiger partial charge in [0.25, 0.3) is 0 Å². The standard InChI is InChI=1S/C21H25BrN2O2/c1-2-26-20-5-3-4-19(14-20)23-21(25)17-10-12-24(13-11-17)15-16-6-8-18(22)9-7-16/h3-9,14,17H,2,10-13,15H2,1H3,(H,23,25). The van der Waals surface area contributed by atoms with Gasteiger partial charge in [-0.3, -0.25) is 9.69 Å². The molecule has 0 saturated carbocycles. The Hall–Kier alpha value is -1.85. The zero-order valence-corrected chi connectivity index (χ0v) is 16.7. The van der Waals surface area contributed by atoms with Crippen LogP contribution in [0.5, 0.6) is 5.75 Å². The number of rotatable bonds is 6. The first-order chi connectivity index (χ1) is 12.6. The van der Waals surface area contributed by atoms with Gasteiger partial charge in [-0.15, -0.1) is 0 Å². The molecule has 1 aliphatic rings. The van der Waals surface area contributed by atoms with Crippen molar-refractivity contribution in [2.24, 2.45) is 5.92 Å². The van der Waals surface area contributed by atoms with Crippen molar-refractivity contribution in [1.29, 1.82) is 0 Å². The van der Waals surface area contributed by atoms with E-state index in [4.69, 9.17) is 4.74 Å². The lowest BCUT2D eigenvalue weighted by Gasteiger charge is -2.31. The van der Waals surface area contributed by atoms with Crippen LogP contribution in [0.3, 0.4) is 0 Å². The van der Waals surface area contributed by atoms with E-state index in [0.29, 0.717) is 6.61 Å². The van der Waals surface area contributed by atoms with Crippen LogP contribution in [0.4, 0.5) is 5.69 Å². The summed E-state index contributed by atoms with van der Waals surface area (Å²) in [5.74, 6) is 0.975. The first kappa shape index (κ1) is 18.9. The van der Waals surface area contributed by atoms with Crippen molar-refractivity contribution < 1.29 is 9.53 Å². The normalized spacial score (nSPS) is 15.6. The van der Waals surface area contributed by atoms with E-state index in [9.17, 15) is 4.79 Å². The summed E-state index contributed by atoms with van der Waals surface area (Å²) < 4.78 is 6.59. The fourth-order valence-corrected chi connectivity index (χ4v) is 3.54. The number of carbonyl (C=O) groups is 1. The van der Waals surface area contributed by atoms with E-state index in [0.717, 1.165) is 48.4 Å². The Kier molecular flexibility index (Phi) is 6.69. The zero-order chi connectivity index (χ0) is 18.4. The molecule has 1 N–H and O–H groups in total. The summed E-state index contributed by atoms with van der Waals surface area (Å²) in [7, 11) is 0. The molecule has 1 heterocycles. The summed E-state index contributed by atoms with van der Waals surface area (Å²) >= 11 is 3.47. The Bertz CT molecular complexity index is 725. The lowest BCUT2D eigenvalue weighted by atomic mass is 9.95. The molecule has 1 saturated heterocycles. The van der Waals surface area contributed by atoms with Crippen molar-refractivity contribution in [3.05, 3.63) is 58.6 Å². The van der Waals surface area contributed by atoms with Crippen LogP contribution in [0.1, 0.15) is 25.3 Å². The first-order valence-electron chi connectivity index (χ1n) is 9.14. The van der Waals surface area contributed by atoms with Gasteiger partial charge in [-0.1, -0.05) is 34.1 Å². The number of benzene rings is 2. The zero-order valence-electron chi connectivity index (χ0n) is 15.1. The number of carbonyl (C=O) groups excluding carboxylic acids is 1. The minimum absolute atomic E-state index is 0.0758. The summed E-state index contributed by atoms with van der Waals surface area (Å²) in [6, 6.07) is 16.0. The number of nitrogens with one attached hydrogen (secondary N) is 1. The molecule has 1 amide bonds. The van der Waals surface area contributed by atoms with E-state index in [-0.39, 0.29) is 11.8 Å². The van der Waals surface area contributed by atoms with E-state index < -0.39 is 0 Å². The summed E-state index contributed by atoms with van der Waals surface area (Å²) in [5, 5.41) is 3.04. The molecule has 0 aliphatic carbocycles. The van der Waals surface area contributed by atoms with Crippen LogP contribution < -0.4 is 10.1 Å². The molecule has 1 aliphatic heterocycles. The van der Waals surface area contributed by atoms with Gasteiger partial charge < -0.3 is 10.1 Å². The fourth-order valence-electron chi connectivity index (χ4n) is 3.28. The van der Waals surface area contributed by atoms with Crippen molar-refractivity contribution >= 4 is 27.5 Å². The quantitative estimate of drug-likeness (QED) is 0.741. The Labute approximate surface area is 163 Å². The lowest BCUT2D eigenvalue weighted by Crippen LogP contribution is -2.37. The molecule has 5 heteroatoms. The van der Waals surface area contributed by atoms with Crippen LogP contribution >= 0.6 is 15.9 Å². The second-order valence-corrected chi connectivity index (χ2v) is 7.54. The van der Waals surface area contributed by atoms with Gasteiger partial charge in [0.2, 0.25) is 5.91 Å². The maximum absolute atomic E-state index is 12.6. The van der Waals surface area contributed by atoms with E-state index in [1.807, 2.05) is 31.2 Å². The summed E-state index contributed by atoms with van der Waals surface area (Å²) in [5.41, 5.74) is 2.11. The maximum atomic E-state index is 12.6. The third-order valence-electron chi connectivity index (χ3n) is 4.69. The first-order valence-corrected chi connectivity index (χ1v) is 9.94. The SMILES string of the molecule is CCOc1cccc(NC(=O)C2CCN(Cc3ccc(Br)cc3)CC2)c1. The highest BCUT2D eigenvalue weighted by Gasteiger charge is 2.25. The van der Waals surface area contributed by atoms with Gasteiger partial charge in [-0.25, -0.2) is 0 Å². The molecule has 0 spiro atoms. The number of hydrogen-bond donors (Lipinski definition) is 1. The molecule has 0 unspecified atom stereocenters. The van der Waals surface area contributed by atoms with E-state index in [2.05, 4.69) is 50.4 Å². The Morgan fingerprint density at radius 1 is 1.19 bits per heavy atom. The molecule has 2 aromatic carbocycles. The minimum Gasteiger partial charge on any atom is -0.494 e. The number of halogens is 1. The second kappa shape index (κ2) is 9.19. The van der Waals surface area contributed by atoms with E-state index in [1.165, 1.54) is 5.56 Å². The maximum Gasteiger partial charge on any atom is 0.227 e. The number of nitrogens with zero attached hydrogens (tertiary/aromatic N) is 1. The van der Waals surface area contributed by atoms with Crippen LogP contribution in [0, 0.1) is 5.92 Å². The highest BCUT2D eigenvalue weighted by Crippen LogP contribution is 2.23. The van der Waals surface area contributed by atoms with Crippen molar-refractivity contribution in [2.75, 3.05) is 25.0 Å². The van der Waals surface area contributed by atoms with Gasteiger partial charge in [0.15, 0.2) is 0 Å². The van der Waals surface area contributed by atoms with Gasteiger partial charge in [0.1, 0.15) is 5.75 Å². The van der Waals surface area contributed by atoms with Gasteiger partial charge in [0.05, 0.1) is 6.61 Å². The van der Waals surface area contributed by atoms with Crippen molar-refractivity contribution in [1.82, 2.24) is 4.90 Å². The third-order valence-corrected chi connectivity index (χ3v) is 5.22. The topological polar surface area (TPSA) is 41.6 Å². The predicted octanol–water partition coefficient (Wildman–Crippen LogP) is 4.70. The molecule has 0 aromatic heterocycles. The van der Waals surface area contributed by atoms with Crippen LogP contribution in [-0.4, -0.2) is 30.5 Å². The molecule has 26 heavy (non-hydrogen) atoms. The largest absolute Gasteiger partial charge is 0.494 e. The Morgan fingerprint density at radius 2 is 1.92 bits per heavy atom. The van der Waals surface area contributed by atoms with Crippen LogP contribution in [-0.2, 0) is 11.3 Å². The number of amides is 1. The number of piperidine rings is 1. The Balaban J connectivity index is 1.48. The monoisotopic (exact) mass is 416 g/mol. The smallest absolute Gasteiger partial charge is 0.227 e. The average molecular weight is 417 g/mol. The number of ether oxygens (including phenoxy) is 1. The molecule has 3 rings (SSSR count). The van der Waals surface area contributed by atoms with E-state index >= 15 is 0 Å². The number of anilines is 1. The van der Waals surface area contributed by atoms with Crippen molar-refractivity contribution in [3.8, 4) is 5.75 Å².